The van der Waals surface area contributed by atoms with Crippen molar-refractivity contribution >= 4 is 126 Å². The molecule has 5 amide bonds. The Kier molecular flexibility index (Phi) is 34.6. The topological polar surface area (TPSA) is 477 Å². The summed E-state index contributed by atoms with van der Waals surface area (Å²) in [6.07, 6.45) is 1.21. The highest BCUT2D eigenvalue weighted by molar-refractivity contribution is 7.90. The van der Waals surface area contributed by atoms with Crippen molar-refractivity contribution in [2.45, 2.75) is 133 Å². The molecular weight excluding hydrogens is 1870 g/mol. The molecule has 12 N–H and O–H groups in total. The highest BCUT2D eigenvalue weighted by Crippen LogP contribution is 2.36. The standard InChI is InChI=1S/2C20H22F3N5O3.C20H25N5O2.C19H23N5O4S.C17H19N5O2/c1-12-4-7-16-25-18(27-28(16)9-12)24-14-6-5-13(17(30)26-19(2,3)10-29)8-15(14)31-11-20(21,22)23;1-12-4-7-16-26-18(27-28(16)9-12)25-14-6-5-13(17(29)24-10-19(2,3)30)8-15(14)31-11-20(21,22)23;1-6-27-16-11-14(18(26)23-20(3,4)5)8-9-15(16)21-19-22-17-10-7-13(2)12-25(17)24-19;1-4-28-16-11-14(18(25)20-9-10-29(3,26)27)6-7-15(16)21-19-22-17-8-5-13(2)12-24(17)23-19;1-4-18-16(23)12-6-7-13(14(9-12)24-3)19-17-20-15-8-5-11(2)10-22(15)21-17/h4-9,29H,10-11H2,1-3H3,(H,24,27)(H,26,30);4-9,30H,10-11H2,1-3H3,(H,24,29)(H,25,27);7-12H,6H2,1-5H3,(H,21,24)(H,23,26);5-8,11-12H,4,9-10H2,1-3H3,(H,20,25)(H,21,23);5-10H,4H2,1-3H3,(H,18,23)(H,19,21). The summed E-state index contributed by atoms with van der Waals surface area (Å²) in [5.41, 5.74) is 10.1. The summed E-state index contributed by atoms with van der Waals surface area (Å²) < 4.78 is 133. The number of aliphatic hydroxyl groups excluding tert-OH is 1. The number of fused-ring (bicyclic) bond motifs is 5. The third-order valence-electron chi connectivity index (χ3n) is 19.6. The van der Waals surface area contributed by atoms with Crippen molar-refractivity contribution in [3.63, 3.8) is 0 Å². The van der Waals surface area contributed by atoms with E-state index in [1.807, 2.05) is 143 Å². The molecule has 15 aromatic rings. The molecule has 0 saturated heterocycles. The number of nitrogens with zero attached hydrogens (tertiary/aromatic N) is 15. The second kappa shape index (κ2) is 46.2. The number of aromatic nitrogens is 15. The number of aliphatic hydroxyl groups is 2. The number of rotatable bonds is 32. The van der Waals surface area contributed by atoms with Gasteiger partial charge in [-0.25, -0.2) is 31.0 Å². The first-order valence-electron chi connectivity index (χ1n) is 44.4. The van der Waals surface area contributed by atoms with Crippen molar-refractivity contribution in [2.75, 3.05) is 98.4 Å². The molecule has 0 aliphatic carbocycles. The van der Waals surface area contributed by atoms with Gasteiger partial charge in [0.05, 0.1) is 72.3 Å². The number of ether oxygens (including phenoxy) is 5. The summed E-state index contributed by atoms with van der Waals surface area (Å²) in [7, 11) is -1.58. The Balaban J connectivity index is 0.000000170. The average molecular weight is 1990 g/mol. The fourth-order valence-electron chi connectivity index (χ4n) is 12.9. The Hall–Kier alpha value is -16.0. The molecule has 15 rings (SSSR count). The van der Waals surface area contributed by atoms with Gasteiger partial charge in [-0.1, -0.05) is 30.3 Å². The molecule has 0 aliphatic rings. The van der Waals surface area contributed by atoms with Crippen LogP contribution in [-0.4, -0.2) is 222 Å². The monoisotopic (exact) mass is 1980 g/mol. The number of nitrogens with one attached hydrogen (secondary N) is 10. The number of carbonyl (C=O) groups excluding carboxylic acids is 5. The second-order valence-corrected chi connectivity index (χ2v) is 37.0. The van der Waals surface area contributed by atoms with Gasteiger partial charge in [0, 0.05) is 90.2 Å². The van der Waals surface area contributed by atoms with Gasteiger partial charge < -0.3 is 87.1 Å². The van der Waals surface area contributed by atoms with Crippen molar-refractivity contribution in [1.29, 1.82) is 0 Å². The first kappa shape index (κ1) is 106. The number of sulfone groups is 1. The van der Waals surface area contributed by atoms with Gasteiger partial charge in [-0.2, -0.15) is 51.3 Å². The molecule has 39 nitrogen and oxygen atoms in total. The van der Waals surface area contributed by atoms with Gasteiger partial charge in [0.15, 0.2) is 41.4 Å². The molecule has 10 aromatic heterocycles. The van der Waals surface area contributed by atoms with Gasteiger partial charge in [0.2, 0.25) is 29.7 Å². The summed E-state index contributed by atoms with van der Waals surface area (Å²) in [6.45, 7) is 25.6. The lowest BCUT2D eigenvalue weighted by atomic mass is 10.1. The second-order valence-electron chi connectivity index (χ2n) is 34.7. The summed E-state index contributed by atoms with van der Waals surface area (Å²) in [4.78, 5) is 83.2. The maximum absolute atomic E-state index is 12.7. The summed E-state index contributed by atoms with van der Waals surface area (Å²) in [5, 5.41) is 69.3. The molecule has 10 heterocycles. The molecule has 0 bridgehead atoms. The van der Waals surface area contributed by atoms with Crippen LogP contribution in [0.4, 0.5) is 84.5 Å². The normalized spacial score (nSPS) is 11.6. The van der Waals surface area contributed by atoms with E-state index in [2.05, 4.69) is 104 Å². The first-order valence-corrected chi connectivity index (χ1v) is 46.4. The molecule has 0 atom stereocenters. The molecule has 0 saturated carbocycles. The van der Waals surface area contributed by atoms with Crippen molar-refractivity contribution in [1.82, 2.24) is 99.6 Å². The van der Waals surface area contributed by atoms with Crippen LogP contribution in [0.2, 0.25) is 0 Å². The highest BCUT2D eigenvalue weighted by Gasteiger charge is 2.32. The summed E-state index contributed by atoms with van der Waals surface area (Å²) in [6, 6.07) is 42.3. The molecule has 0 aliphatic heterocycles. The maximum Gasteiger partial charge on any atom is 0.422 e. The van der Waals surface area contributed by atoms with Crippen molar-refractivity contribution in [3.05, 3.63) is 238 Å². The zero-order chi connectivity index (χ0) is 103. The van der Waals surface area contributed by atoms with E-state index in [1.54, 1.807) is 114 Å². The number of alkyl halides is 6. The number of benzene rings is 5. The number of methoxy groups -OCH3 is 1. The fourth-order valence-corrected chi connectivity index (χ4v) is 13.3. The zero-order valence-electron chi connectivity index (χ0n) is 80.9. The van der Waals surface area contributed by atoms with Gasteiger partial charge in [0.25, 0.3) is 29.5 Å². The number of carbonyl (C=O) groups is 5. The van der Waals surface area contributed by atoms with E-state index in [-0.39, 0.29) is 94.6 Å². The van der Waals surface area contributed by atoms with Crippen LogP contribution in [0.3, 0.4) is 0 Å². The number of aryl methyl sites for hydroxylation is 5. The maximum atomic E-state index is 12.7. The van der Waals surface area contributed by atoms with Crippen LogP contribution in [0.25, 0.3) is 28.2 Å². The first-order chi connectivity index (χ1) is 66.9. The predicted molar refractivity (Wildman–Crippen MR) is 524 cm³/mol. The van der Waals surface area contributed by atoms with Crippen molar-refractivity contribution in [3.8, 4) is 28.7 Å². The minimum Gasteiger partial charge on any atom is -0.495 e. The van der Waals surface area contributed by atoms with Crippen LogP contribution in [0.1, 0.15) is 149 Å². The molecule has 5 aromatic carbocycles. The molecule has 0 spiro atoms. The smallest absolute Gasteiger partial charge is 0.422 e. The predicted octanol–water partition coefficient (Wildman–Crippen LogP) is 14.6. The van der Waals surface area contributed by atoms with Crippen LogP contribution in [0.5, 0.6) is 28.7 Å². The Bertz CT molecular complexity index is 7130. The van der Waals surface area contributed by atoms with Crippen molar-refractivity contribution < 1.29 is 92.6 Å². The quantitative estimate of drug-likeness (QED) is 0.0174. The lowest BCUT2D eigenvalue weighted by Crippen LogP contribution is -2.46. The van der Waals surface area contributed by atoms with Gasteiger partial charge in [-0.3, -0.25) is 24.0 Å². The largest absolute Gasteiger partial charge is 0.495 e. The number of pyridine rings is 5. The molecule has 0 radical (unpaired) electrons. The van der Waals surface area contributed by atoms with E-state index in [1.165, 1.54) is 59.3 Å². The van der Waals surface area contributed by atoms with Gasteiger partial charge in [-0.05, 0) is 253 Å². The van der Waals surface area contributed by atoms with Crippen LogP contribution >= 0.6 is 0 Å². The van der Waals surface area contributed by atoms with Crippen LogP contribution in [-0.2, 0) is 9.84 Å². The van der Waals surface area contributed by atoms with Crippen molar-refractivity contribution in [2.24, 2.45) is 0 Å². The number of amides is 5. The van der Waals surface area contributed by atoms with Crippen LogP contribution < -0.4 is 76.9 Å². The molecule has 0 fully saturated rings. The molecular formula is C96H111F6N25O14S. The number of hydrogen-bond acceptors (Lipinski definition) is 29. The van der Waals surface area contributed by atoms with E-state index in [0.717, 1.165) is 45.4 Å². The SMILES string of the molecule is CCNC(=O)c1ccc(Nc2nc3ccc(C)cn3n2)c(OC)c1.CCOc1cc(C(=O)NC(C)(C)C)ccc1Nc1nc2ccc(C)cn2n1.CCOc1cc(C(=O)NCCS(C)(=O)=O)ccc1Nc1nc2ccc(C)cn2n1.Cc1ccc2nc(Nc3ccc(C(=O)NC(C)(C)CO)cc3OCC(F)(F)F)nn2c1.Cc1ccc2nc(Nc3ccc(C(=O)NCC(C)(C)O)cc3OCC(F)(F)F)nn2c1. The highest BCUT2D eigenvalue weighted by atomic mass is 32.2. The summed E-state index contributed by atoms with van der Waals surface area (Å²) in [5.74, 6) is 0.961. The van der Waals surface area contributed by atoms with Crippen LogP contribution in [0.15, 0.2) is 183 Å². The Labute approximate surface area is 812 Å². The third-order valence-corrected chi connectivity index (χ3v) is 20.5. The lowest BCUT2D eigenvalue weighted by molar-refractivity contribution is -0.154. The molecule has 0 unspecified atom stereocenters. The van der Waals surface area contributed by atoms with E-state index >= 15 is 0 Å². The number of anilines is 10. The number of hydrogen-bond donors (Lipinski definition) is 12. The fraction of sp³-hybridized carbons (Fsp3) is 0.323. The van der Waals surface area contributed by atoms with E-state index < -0.39 is 58.4 Å². The van der Waals surface area contributed by atoms with E-state index in [9.17, 15) is 68.9 Å². The minimum absolute atomic E-state index is 0.0326. The van der Waals surface area contributed by atoms with Gasteiger partial charge in [0.1, 0.15) is 38.6 Å². The Morgan fingerprint density at radius 3 is 0.923 bits per heavy atom. The zero-order valence-corrected chi connectivity index (χ0v) is 81.7. The molecule has 752 valence electrons. The van der Waals surface area contributed by atoms with Gasteiger partial charge >= 0.3 is 12.4 Å². The Morgan fingerprint density at radius 2 is 0.655 bits per heavy atom. The minimum atomic E-state index is -4.56. The summed E-state index contributed by atoms with van der Waals surface area (Å²) >= 11 is 0. The Morgan fingerprint density at radius 1 is 0.380 bits per heavy atom. The lowest BCUT2D eigenvalue weighted by Gasteiger charge is -2.23. The van der Waals surface area contributed by atoms with Gasteiger partial charge in [-0.15, -0.1) is 25.5 Å². The van der Waals surface area contributed by atoms with E-state index in [0.29, 0.717) is 106 Å². The average Bonchev–Trinajstić information content (AvgIpc) is 1.62. The third kappa shape index (κ3) is 31.8. The number of halogens is 6. The van der Waals surface area contributed by atoms with Crippen LogP contribution in [0, 0.1) is 34.6 Å². The van der Waals surface area contributed by atoms with E-state index in [4.69, 9.17) is 23.7 Å². The molecule has 142 heavy (non-hydrogen) atoms. The molecule has 46 heteroatoms.